The van der Waals surface area contributed by atoms with Crippen molar-refractivity contribution in [3.8, 4) is 17.2 Å². The monoisotopic (exact) mass is 363 g/mol. The summed E-state index contributed by atoms with van der Waals surface area (Å²) in [5, 5.41) is 4.39. The number of hydrogen-bond donors (Lipinski definition) is 0. The lowest BCUT2D eigenvalue weighted by molar-refractivity contribution is 0.101. The van der Waals surface area contributed by atoms with Crippen molar-refractivity contribution in [2.75, 3.05) is 31.2 Å². The van der Waals surface area contributed by atoms with Crippen molar-refractivity contribution in [3.63, 3.8) is 0 Å². The van der Waals surface area contributed by atoms with Crippen LogP contribution < -0.4 is 4.90 Å². The summed E-state index contributed by atoms with van der Waals surface area (Å²) in [7, 11) is 0. The molecule has 1 aliphatic heterocycles. The Morgan fingerprint density at radius 1 is 1.07 bits per heavy atom. The molecule has 0 bridgehead atoms. The van der Waals surface area contributed by atoms with E-state index in [0.717, 1.165) is 30.2 Å². The maximum Gasteiger partial charge on any atom is 0.163 e. The lowest BCUT2D eigenvalue weighted by Gasteiger charge is -2.28. The summed E-state index contributed by atoms with van der Waals surface area (Å²) < 4.78 is 7.16. The molecule has 4 rings (SSSR count). The Kier molecular flexibility index (Phi) is 4.68. The van der Waals surface area contributed by atoms with Crippen molar-refractivity contribution >= 4 is 11.6 Å². The van der Waals surface area contributed by atoms with E-state index in [9.17, 15) is 4.79 Å². The minimum Gasteiger partial charge on any atom is -0.378 e. The van der Waals surface area contributed by atoms with Crippen molar-refractivity contribution in [2.45, 2.75) is 13.8 Å². The molecule has 1 fully saturated rings. The predicted octanol–water partition coefficient (Wildman–Crippen LogP) is 2.68. The molecular formula is C20H21N5O2. The molecule has 0 radical (unpaired) electrons. The largest absolute Gasteiger partial charge is 0.378 e. The number of carbonyl (C=O) groups excluding carboxylic acids is 1. The van der Waals surface area contributed by atoms with Gasteiger partial charge in [-0.3, -0.25) is 4.79 Å². The highest BCUT2D eigenvalue weighted by molar-refractivity contribution is 5.95. The van der Waals surface area contributed by atoms with Gasteiger partial charge in [0.25, 0.3) is 0 Å². The van der Waals surface area contributed by atoms with Crippen LogP contribution in [0.25, 0.3) is 17.2 Å². The van der Waals surface area contributed by atoms with Gasteiger partial charge in [0, 0.05) is 24.7 Å². The van der Waals surface area contributed by atoms with Crippen molar-refractivity contribution in [1.82, 2.24) is 19.7 Å². The van der Waals surface area contributed by atoms with Crippen LogP contribution in [-0.2, 0) is 4.74 Å². The van der Waals surface area contributed by atoms with E-state index in [2.05, 4.69) is 10.00 Å². The first-order valence-corrected chi connectivity index (χ1v) is 8.96. The molecule has 2 aromatic heterocycles. The molecule has 3 heterocycles. The normalized spacial score (nSPS) is 14.4. The van der Waals surface area contributed by atoms with Crippen LogP contribution in [0.2, 0.25) is 0 Å². The summed E-state index contributed by atoms with van der Waals surface area (Å²) in [4.78, 5) is 23.5. The van der Waals surface area contributed by atoms with Gasteiger partial charge in [-0.2, -0.15) is 5.10 Å². The van der Waals surface area contributed by atoms with Crippen molar-refractivity contribution in [2.24, 2.45) is 0 Å². The Morgan fingerprint density at radius 2 is 1.78 bits per heavy atom. The Balaban J connectivity index is 1.84. The molecule has 0 aliphatic carbocycles. The Morgan fingerprint density at radius 3 is 2.44 bits per heavy atom. The van der Waals surface area contributed by atoms with E-state index >= 15 is 0 Å². The second-order valence-electron chi connectivity index (χ2n) is 6.49. The summed E-state index contributed by atoms with van der Waals surface area (Å²) in [6.07, 6.45) is 1.59. The number of rotatable bonds is 4. The molecule has 0 N–H and O–H groups in total. The lowest BCUT2D eigenvalue weighted by atomic mass is 10.2. The first-order chi connectivity index (χ1) is 13.1. The number of aromatic nitrogens is 4. The summed E-state index contributed by atoms with van der Waals surface area (Å²) in [5.41, 5.74) is 2.31. The van der Waals surface area contributed by atoms with Crippen LogP contribution in [0.3, 0.4) is 0 Å². The van der Waals surface area contributed by atoms with E-state index in [-0.39, 0.29) is 5.78 Å². The Hall–Kier alpha value is -3.06. The van der Waals surface area contributed by atoms with E-state index in [1.807, 2.05) is 43.3 Å². The number of anilines is 1. The minimum absolute atomic E-state index is 0.00973. The molecule has 0 spiro atoms. The number of nitrogens with zero attached hydrogens (tertiary/aromatic N) is 5. The third-order valence-electron chi connectivity index (χ3n) is 4.67. The summed E-state index contributed by atoms with van der Waals surface area (Å²) in [6.45, 7) is 6.33. The van der Waals surface area contributed by atoms with E-state index in [0.29, 0.717) is 30.4 Å². The zero-order chi connectivity index (χ0) is 18.8. The van der Waals surface area contributed by atoms with Gasteiger partial charge in [-0.1, -0.05) is 30.3 Å². The average Bonchev–Trinajstić information content (AvgIpc) is 3.11. The Labute approximate surface area is 157 Å². The number of morpholine rings is 1. The third-order valence-corrected chi connectivity index (χ3v) is 4.67. The van der Waals surface area contributed by atoms with Gasteiger partial charge in [0.15, 0.2) is 17.4 Å². The topological polar surface area (TPSA) is 73.1 Å². The molecule has 7 nitrogen and oxygen atoms in total. The first kappa shape index (κ1) is 17.4. The highest BCUT2D eigenvalue weighted by Crippen LogP contribution is 2.24. The zero-order valence-electron chi connectivity index (χ0n) is 15.4. The van der Waals surface area contributed by atoms with Crippen LogP contribution in [0, 0.1) is 6.92 Å². The maximum absolute atomic E-state index is 11.8. The predicted molar refractivity (Wildman–Crippen MR) is 102 cm³/mol. The highest BCUT2D eigenvalue weighted by Gasteiger charge is 2.18. The fourth-order valence-corrected chi connectivity index (χ4v) is 3.19. The van der Waals surface area contributed by atoms with Crippen molar-refractivity contribution < 1.29 is 9.53 Å². The van der Waals surface area contributed by atoms with Crippen LogP contribution in [-0.4, -0.2) is 51.8 Å². The van der Waals surface area contributed by atoms with Gasteiger partial charge in [0.1, 0.15) is 5.82 Å². The van der Waals surface area contributed by atoms with Crippen LogP contribution in [0.1, 0.15) is 23.0 Å². The van der Waals surface area contributed by atoms with Gasteiger partial charge in [0.2, 0.25) is 0 Å². The smallest absolute Gasteiger partial charge is 0.163 e. The van der Waals surface area contributed by atoms with E-state index in [1.54, 1.807) is 17.8 Å². The summed E-state index contributed by atoms with van der Waals surface area (Å²) in [5.74, 6) is 2.11. The minimum atomic E-state index is -0.00973. The molecule has 0 unspecified atom stereocenters. The zero-order valence-corrected chi connectivity index (χ0v) is 15.4. The van der Waals surface area contributed by atoms with E-state index in [4.69, 9.17) is 14.7 Å². The molecule has 27 heavy (non-hydrogen) atoms. The number of hydrogen-bond acceptors (Lipinski definition) is 6. The van der Waals surface area contributed by atoms with Crippen LogP contribution >= 0.6 is 0 Å². The molecule has 0 saturated carbocycles. The summed E-state index contributed by atoms with van der Waals surface area (Å²) in [6, 6.07) is 11.8. The molecule has 0 atom stereocenters. The average molecular weight is 363 g/mol. The standard InChI is InChI=1S/C20H21N5O2/c1-14-17(15(2)26)13-21-25(14)19-12-18(24-8-10-27-11-9-24)22-20(23-19)16-6-4-3-5-7-16/h3-7,12-13H,8-11H2,1-2H3. The van der Waals surface area contributed by atoms with E-state index in [1.165, 1.54) is 0 Å². The number of carbonyl (C=O) groups is 1. The lowest BCUT2D eigenvalue weighted by Crippen LogP contribution is -2.37. The molecule has 7 heteroatoms. The number of ketones is 1. The van der Waals surface area contributed by atoms with E-state index < -0.39 is 0 Å². The van der Waals surface area contributed by atoms with Crippen LogP contribution in [0.5, 0.6) is 0 Å². The molecule has 1 aliphatic rings. The maximum atomic E-state index is 11.8. The summed E-state index contributed by atoms with van der Waals surface area (Å²) >= 11 is 0. The Bertz CT molecular complexity index is 962. The van der Waals surface area contributed by atoms with Gasteiger partial charge in [-0.25, -0.2) is 14.6 Å². The van der Waals surface area contributed by atoms with Crippen LogP contribution in [0.15, 0.2) is 42.6 Å². The molecule has 1 aromatic carbocycles. The van der Waals surface area contributed by atoms with Gasteiger partial charge < -0.3 is 9.64 Å². The van der Waals surface area contributed by atoms with Crippen LogP contribution in [0.4, 0.5) is 5.82 Å². The molecule has 1 saturated heterocycles. The van der Waals surface area contributed by atoms with Crippen molar-refractivity contribution in [3.05, 3.63) is 53.9 Å². The molecule has 0 amide bonds. The van der Waals surface area contributed by atoms with Gasteiger partial charge >= 0.3 is 0 Å². The molecule has 3 aromatic rings. The SMILES string of the molecule is CC(=O)c1cnn(-c2cc(N3CCOCC3)nc(-c3ccccc3)n2)c1C. The van der Waals surface area contributed by atoms with Crippen molar-refractivity contribution in [1.29, 1.82) is 0 Å². The fourth-order valence-electron chi connectivity index (χ4n) is 3.19. The molecular weight excluding hydrogens is 342 g/mol. The first-order valence-electron chi connectivity index (χ1n) is 8.96. The van der Waals surface area contributed by atoms with Gasteiger partial charge in [-0.15, -0.1) is 0 Å². The second kappa shape index (κ2) is 7.28. The third kappa shape index (κ3) is 3.46. The number of Topliss-reactive ketones (excluding diaryl/α,β-unsaturated/α-hetero) is 1. The highest BCUT2D eigenvalue weighted by atomic mass is 16.5. The van der Waals surface area contributed by atoms with Gasteiger partial charge in [0.05, 0.1) is 30.7 Å². The second-order valence-corrected chi connectivity index (χ2v) is 6.49. The number of ether oxygens (including phenoxy) is 1. The fraction of sp³-hybridized carbons (Fsp3) is 0.300. The van der Waals surface area contributed by atoms with Gasteiger partial charge in [-0.05, 0) is 13.8 Å². The molecule has 138 valence electrons. The quantitative estimate of drug-likeness (QED) is 0.664. The number of benzene rings is 1.